The molecule has 0 aliphatic carbocycles. The molecule has 0 saturated carbocycles. The molecule has 3 aromatic rings. The molecule has 0 unspecified atom stereocenters. The van der Waals surface area contributed by atoms with E-state index in [1.54, 1.807) is 12.3 Å². The molecule has 0 radical (unpaired) electrons. The highest BCUT2D eigenvalue weighted by molar-refractivity contribution is 7.80. The summed E-state index contributed by atoms with van der Waals surface area (Å²) >= 11 is 11.0. The molecule has 0 aliphatic heterocycles. The van der Waals surface area contributed by atoms with Crippen LogP contribution in [0.4, 0.5) is 0 Å². The van der Waals surface area contributed by atoms with Crippen molar-refractivity contribution < 1.29 is 0 Å². The SMILES string of the molecule is NC(=S)Cn1c(Cc2ccccc2)nc2cc(Cl)cnc21. The van der Waals surface area contributed by atoms with Gasteiger partial charge in [0.25, 0.3) is 0 Å². The smallest absolute Gasteiger partial charge is 0.160 e. The van der Waals surface area contributed by atoms with Crippen molar-refractivity contribution in [3.05, 3.63) is 59.0 Å². The molecule has 21 heavy (non-hydrogen) atoms. The molecular formula is C15H13ClN4S. The molecule has 0 bridgehead atoms. The van der Waals surface area contributed by atoms with Gasteiger partial charge in [-0.05, 0) is 11.6 Å². The van der Waals surface area contributed by atoms with Crippen LogP contribution in [0.1, 0.15) is 11.4 Å². The average Bonchev–Trinajstić information content (AvgIpc) is 2.76. The summed E-state index contributed by atoms with van der Waals surface area (Å²) in [6, 6.07) is 11.9. The van der Waals surface area contributed by atoms with Crippen LogP contribution in [0, 0.1) is 0 Å². The third-order valence-electron chi connectivity index (χ3n) is 3.15. The first-order valence-corrected chi connectivity index (χ1v) is 7.25. The van der Waals surface area contributed by atoms with E-state index < -0.39 is 0 Å². The fourth-order valence-electron chi connectivity index (χ4n) is 2.27. The molecular weight excluding hydrogens is 304 g/mol. The van der Waals surface area contributed by atoms with Crippen molar-refractivity contribution in [1.82, 2.24) is 14.5 Å². The maximum Gasteiger partial charge on any atom is 0.160 e. The second kappa shape index (κ2) is 5.79. The van der Waals surface area contributed by atoms with Gasteiger partial charge in [0.05, 0.1) is 16.6 Å². The number of pyridine rings is 1. The monoisotopic (exact) mass is 316 g/mol. The van der Waals surface area contributed by atoms with Crippen LogP contribution < -0.4 is 5.73 Å². The lowest BCUT2D eigenvalue weighted by Gasteiger charge is -2.07. The molecule has 0 amide bonds. The molecule has 3 rings (SSSR count). The molecule has 0 fully saturated rings. The quantitative estimate of drug-likeness (QED) is 0.752. The average molecular weight is 317 g/mol. The lowest BCUT2D eigenvalue weighted by molar-refractivity contribution is 0.796. The number of halogens is 1. The summed E-state index contributed by atoms with van der Waals surface area (Å²) in [6.45, 7) is 0.419. The van der Waals surface area contributed by atoms with E-state index >= 15 is 0 Å². The van der Waals surface area contributed by atoms with Gasteiger partial charge >= 0.3 is 0 Å². The summed E-state index contributed by atoms with van der Waals surface area (Å²) in [7, 11) is 0. The molecule has 2 N–H and O–H groups in total. The second-order valence-electron chi connectivity index (χ2n) is 4.74. The molecule has 2 aromatic heterocycles. The third kappa shape index (κ3) is 3.04. The van der Waals surface area contributed by atoms with Crippen molar-refractivity contribution in [2.75, 3.05) is 0 Å². The van der Waals surface area contributed by atoms with Gasteiger partial charge in [-0.1, -0.05) is 54.2 Å². The maximum atomic E-state index is 5.98. The first-order valence-electron chi connectivity index (χ1n) is 6.46. The highest BCUT2D eigenvalue weighted by Gasteiger charge is 2.13. The number of rotatable bonds is 4. The van der Waals surface area contributed by atoms with Crippen molar-refractivity contribution in [2.24, 2.45) is 5.73 Å². The normalized spacial score (nSPS) is 10.9. The fourth-order valence-corrected chi connectivity index (χ4v) is 2.55. The summed E-state index contributed by atoms with van der Waals surface area (Å²) in [5.41, 5.74) is 8.37. The summed E-state index contributed by atoms with van der Waals surface area (Å²) in [5.74, 6) is 0.874. The van der Waals surface area contributed by atoms with Crippen LogP contribution in [0.2, 0.25) is 5.02 Å². The van der Waals surface area contributed by atoms with Crippen molar-refractivity contribution in [3.8, 4) is 0 Å². The van der Waals surface area contributed by atoms with E-state index in [0.717, 1.165) is 17.0 Å². The number of aromatic nitrogens is 3. The van der Waals surface area contributed by atoms with Crippen molar-refractivity contribution in [2.45, 2.75) is 13.0 Å². The van der Waals surface area contributed by atoms with Gasteiger partial charge in [0.2, 0.25) is 0 Å². The highest BCUT2D eigenvalue weighted by atomic mass is 35.5. The Balaban J connectivity index is 2.09. The van der Waals surface area contributed by atoms with Crippen molar-refractivity contribution >= 4 is 40.0 Å². The zero-order valence-corrected chi connectivity index (χ0v) is 12.7. The Labute approximate surface area is 132 Å². The minimum Gasteiger partial charge on any atom is -0.392 e. The molecule has 106 valence electrons. The number of benzene rings is 1. The number of hydrogen-bond donors (Lipinski definition) is 1. The van der Waals surface area contributed by atoms with Crippen LogP contribution in [0.25, 0.3) is 11.2 Å². The summed E-state index contributed by atoms with van der Waals surface area (Å²) in [6.07, 6.45) is 2.30. The fraction of sp³-hybridized carbons (Fsp3) is 0.133. The van der Waals surface area contributed by atoms with Gasteiger partial charge in [-0.3, -0.25) is 0 Å². The van der Waals surface area contributed by atoms with E-state index in [4.69, 9.17) is 29.6 Å². The number of fused-ring (bicyclic) bond motifs is 1. The molecule has 0 saturated heterocycles. The van der Waals surface area contributed by atoms with Crippen LogP contribution in [0.5, 0.6) is 0 Å². The van der Waals surface area contributed by atoms with Gasteiger partial charge < -0.3 is 10.3 Å². The van der Waals surface area contributed by atoms with Crippen LogP contribution in [-0.4, -0.2) is 19.5 Å². The number of nitrogens with zero attached hydrogens (tertiary/aromatic N) is 3. The number of thiocarbonyl (C=S) groups is 1. The summed E-state index contributed by atoms with van der Waals surface area (Å²) < 4.78 is 1.95. The Morgan fingerprint density at radius 3 is 2.76 bits per heavy atom. The van der Waals surface area contributed by atoms with Crippen LogP contribution >= 0.6 is 23.8 Å². The van der Waals surface area contributed by atoms with Gasteiger partial charge in [-0.25, -0.2) is 9.97 Å². The first-order chi connectivity index (χ1) is 10.1. The Bertz CT molecular complexity index is 798. The largest absolute Gasteiger partial charge is 0.392 e. The summed E-state index contributed by atoms with van der Waals surface area (Å²) in [4.78, 5) is 9.38. The molecule has 0 aliphatic rings. The van der Waals surface area contributed by atoms with Crippen molar-refractivity contribution in [1.29, 1.82) is 0 Å². The third-order valence-corrected chi connectivity index (χ3v) is 3.49. The predicted octanol–water partition coefficient (Wildman–Crippen LogP) is 2.96. The predicted molar refractivity (Wildman–Crippen MR) is 88.6 cm³/mol. The minimum absolute atomic E-state index is 0.403. The maximum absolute atomic E-state index is 5.98. The van der Waals surface area contributed by atoms with Crippen molar-refractivity contribution in [3.63, 3.8) is 0 Å². The van der Waals surface area contributed by atoms with E-state index in [2.05, 4.69) is 22.1 Å². The molecule has 0 atom stereocenters. The first kappa shape index (κ1) is 14.0. The van der Waals surface area contributed by atoms with E-state index in [-0.39, 0.29) is 0 Å². The van der Waals surface area contributed by atoms with Gasteiger partial charge in [0.15, 0.2) is 5.65 Å². The van der Waals surface area contributed by atoms with Gasteiger partial charge in [0, 0.05) is 12.6 Å². The Morgan fingerprint density at radius 2 is 2.05 bits per heavy atom. The van der Waals surface area contributed by atoms with E-state index in [9.17, 15) is 0 Å². The lowest BCUT2D eigenvalue weighted by Crippen LogP contribution is -2.18. The lowest BCUT2D eigenvalue weighted by atomic mass is 10.1. The van der Waals surface area contributed by atoms with Crippen LogP contribution in [-0.2, 0) is 13.0 Å². The van der Waals surface area contributed by atoms with Gasteiger partial charge in [-0.2, -0.15) is 0 Å². The van der Waals surface area contributed by atoms with Gasteiger partial charge in [0.1, 0.15) is 11.3 Å². The highest BCUT2D eigenvalue weighted by Crippen LogP contribution is 2.20. The summed E-state index contributed by atoms with van der Waals surface area (Å²) in [5, 5.41) is 0.564. The standard InChI is InChI=1S/C15H13ClN4S/c16-11-7-12-15(18-8-11)20(9-13(17)21)14(19-12)6-10-4-2-1-3-5-10/h1-5,7-8H,6,9H2,(H2,17,21). The van der Waals surface area contributed by atoms with Crippen LogP contribution in [0.15, 0.2) is 42.6 Å². The Kier molecular flexibility index (Phi) is 3.86. The van der Waals surface area contributed by atoms with Gasteiger partial charge in [-0.15, -0.1) is 0 Å². The van der Waals surface area contributed by atoms with E-state index in [0.29, 0.717) is 23.0 Å². The minimum atomic E-state index is 0.403. The molecule has 4 nitrogen and oxygen atoms in total. The zero-order chi connectivity index (χ0) is 14.8. The second-order valence-corrected chi connectivity index (χ2v) is 5.70. The molecule has 6 heteroatoms. The molecule has 1 aromatic carbocycles. The Hall–Kier alpha value is -1.98. The van der Waals surface area contributed by atoms with E-state index in [1.165, 1.54) is 5.56 Å². The molecule has 0 spiro atoms. The number of hydrogen-bond acceptors (Lipinski definition) is 3. The number of nitrogens with two attached hydrogens (primary N) is 1. The van der Waals surface area contributed by atoms with Crippen LogP contribution in [0.3, 0.4) is 0 Å². The molecule has 2 heterocycles. The number of imidazole rings is 1. The van der Waals surface area contributed by atoms with E-state index in [1.807, 2.05) is 22.8 Å². The zero-order valence-electron chi connectivity index (χ0n) is 11.2. The Morgan fingerprint density at radius 1 is 1.29 bits per heavy atom. The topological polar surface area (TPSA) is 56.7 Å².